The molecular formula is C23H30BrN3O4S. The first-order chi connectivity index (χ1) is 14.9. The number of amides is 2. The van der Waals surface area contributed by atoms with Crippen LogP contribution in [0.2, 0.25) is 0 Å². The standard InChI is InChI=1S/C23H30BrN3O4S/c1-6-25-23(29)18(4)26(14-19-8-7-9-20(24)13-19)22(28)15-27(32(5,30)31)21-11-16(2)10-17(3)12-21/h7-13,18H,6,14-15H2,1-5H3,(H,25,29). The van der Waals surface area contributed by atoms with Gasteiger partial charge in [0.2, 0.25) is 21.8 Å². The minimum atomic E-state index is -3.74. The molecule has 0 saturated carbocycles. The molecule has 0 radical (unpaired) electrons. The highest BCUT2D eigenvalue weighted by Gasteiger charge is 2.30. The van der Waals surface area contributed by atoms with E-state index in [0.717, 1.165) is 31.7 Å². The monoisotopic (exact) mass is 523 g/mol. The Balaban J connectivity index is 2.42. The minimum absolute atomic E-state index is 0.168. The van der Waals surface area contributed by atoms with Crippen molar-refractivity contribution in [3.8, 4) is 0 Å². The van der Waals surface area contributed by atoms with Gasteiger partial charge in [-0.25, -0.2) is 8.42 Å². The van der Waals surface area contributed by atoms with Gasteiger partial charge in [-0.3, -0.25) is 13.9 Å². The van der Waals surface area contributed by atoms with Crippen LogP contribution < -0.4 is 9.62 Å². The van der Waals surface area contributed by atoms with E-state index in [2.05, 4.69) is 21.2 Å². The first kappa shape index (κ1) is 25.9. The normalized spacial score (nSPS) is 12.2. The van der Waals surface area contributed by atoms with Gasteiger partial charge < -0.3 is 10.2 Å². The van der Waals surface area contributed by atoms with Crippen molar-refractivity contribution in [3.05, 3.63) is 63.6 Å². The molecule has 1 atom stereocenters. The van der Waals surface area contributed by atoms with Crippen molar-refractivity contribution in [3.63, 3.8) is 0 Å². The van der Waals surface area contributed by atoms with Crippen molar-refractivity contribution in [2.45, 2.75) is 40.3 Å². The van der Waals surface area contributed by atoms with Gasteiger partial charge in [0.05, 0.1) is 11.9 Å². The number of hydrogen-bond donors (Lipinski definition) is 1. The first-order valence-electron chi connectivity index (χ1n) is 10.3. The van der Waals surface area contributed by atoms with E-state index in [1.54, 1.807) is 26.0 Å². The summed E-state index contributed by atoms with van der Waals surface area (Å²) in [7, 11) is -3.74. The van der Waals surface area contributed by atoms with E-state index in [-0.39, 0.29) is 12.5 Å². The van der Waals surface area contributed by atoms with E-state index < -0.39 is 28.5 Å². The number of aryl methyl sites for hydroxylation is 2. The van der Waals surface area contributed by atoms with Gasteiger partial charge in [0.15, 0.2) is 0 Å². The number of rotatable bonds is 9. The third kappa shape index (κ3) is 7.06. The van der Waals surface area contributed by atoms with E-state index in [4.69, 9.17) is 0 Å². The highest BCUT2D eigenvalue weighted by Crippen LogP contribution is 2.22. The Morgan fingerprint density at radius 2 is 1.72 bits per heavy atom. The second-order valence-electron chi connectivity index (χ2n) is 7.84. The molecule has 1 N–H and O–H groups in total. The molecular weight excluding hydrogens is 494 g/mol. The molecule has 2 aromatic rings. The molecule has 0 aliphatic carbocycles. The summed E-state index contributed by atoms with van der Waals surface area (Å²) in [5.74, 6) is -0.763. The van der Waals surface area contributed by atoms with Crippen LogP contribution in [0.1, 0.15) is 30.5 Å². The predicted molar refractivity (Wildman–Crippen MR) is 131 cm³/mol. The fourth-order valence-electron chi connectivity index (χ4n) is 3.44. The fraction of sp³-hybridized carbons (Fsp3) is 0.391. The summed E-state index contributed by atoms with van der Waals surface area (Å²) in [6.07, 6.45) is 1.07. The van der Waals surface area contributed by atoms with E-state index in [1.807, 2.05) is 44.2 Å². The lowest BCUT2D eigenvalue weighted by atomic mass is 10.1. The van der Waals surface area contributed by atoms with Gasteiger partial charge in [-0.15, -0.1) is 0 Å². The average Bonchev–Trinajstić information content (AvgIpc) is 2.68. The van der Waals surface area contributed by atoms with Crippen LogP contribution >= 0.6 is 15.9 Å². The van der Waals surface area contributed by atoms with Crippen molar-refractivity contribution in [2.24, 2.45) is 0 Å². The summed E-state index contributed by atoms with van der Waals surface area (Å²) >= 11 is 3.42. The van der Waals surface area contributed by atoms with Crippen LogP contribution in [0.4, 0.5) is 5.69 Å². The minimum Gasteiger partial charge on any atom is -0.355 e. The zero-order valence-electron chi connectivity index (χ0n) is 19.1. The number of hydrogen-bond acceptors (Lipinski definition) is 4. The lowest BCUT2D eigenvalue weighted by Gasteiger charge is -2.31. The molecule has 0 spiro atoms. The first-order valence-corrected chi connectivity index (χ1v) is 12.9. The van der Waals surface area contributed by atoms with E-state index in [0.29, 0.717) is 12.2 Å². The molecule has 0 aliphatic rings. The molecule has 9 heteroatoms. The molecule has 0 fully saturated rings. The summed E-state index contributed by atoms with van der Waals surface area (Å²) in [6, 6.07) is 12.0. The zero-order valence-corrected chi connectivity index (χ0v) is 21.5. The number of benzene rings is 2. The number of sulfonamides is 1. The largest absolute Gasteiger partial charge is 0.355 e. The quantitative estimate of drug-likeness (QED) is 0.545. The Morgan fingerprint density at radius 3 is 2.25 bits per heavy atom. The zero-order chi connectivity index (χ0) is 24.1. The molecule has 0 aliphatic heterocycles. The number of carbonyl (C=O) groups excluding carboxylic acids is 2. The van der Waals surface area contributed by atoms with Gasteiger partial charge in [-0.05, 0) is 68.7 Å². The van der Waals surface area contributed by atoms with Crippen LogP contribution in [-0.4, -0.2) is 50.5 Å². The molecule has 7 nitrogen and oxygen atoms in total. The van der Waals surface area contributed by atoms with Crippen molar-refractivity contribution in [1.82, 2.24) is 10.2 Å². The SMILES string of the molecule is CCNC(=O)C(C)N(Cc1cccc(Br)c1)C(=O)CN(c1cc(C)cc(C)c1)S(C)(=O)=O. The molecule has 0 heterocycles. The van der Waals surface area contributed by atoms with Gasteiger partial charge in [0.25, 0.3) is 0 Å². The van der Waals surface area contributed by atoms with Gasteiger partial charge in [0.1, 0.15) is 12.6 Å². The van der Waals surface area contributed by atoms with Gasteiger partial charge >= 0.3 is 0 Å². The number of nitrogens with one attached hydrogen (secondary N) is 1. The molecule has 0 bridgehead atoms. The maximum atomic E-state index is 13.4. The molecule has 2 rings (SSSR count). The second kappa shape index (κ2) is 11.0. The lowest BCUT2D eigenvalue weighted by molar-refractivity contribution is -0.139. The van der Waals surface area contributed by atoms with Crippen molar-refractivity contribution in [1.29, 1.82) is 0 Å². The molecule has 32 heavy (non-hydrogen) atoms. The maximum Gasteiger partial charge on any atom is 0.244 e. The molecule has 0 aromatic heterocycles. The molecule has 2 amide bonds. The van der Waals surface area contributed by atoms with Crippen molar-refractivity contribution in [2.75, 3.05) is 23.7 Å². The van der Waals surface area contributed by atoms with E-state index in [9.17, 15) is 18.0 Å². The topological polar surface area (TPSA) is 86.8 Å². The maximum absolute atomic E-state index is 13.4. The van der Waals surface area contributed by atoms with Gasteiger partial charge in [-0.1, -0.05) is 34.1 Å². The third-order valence-electron chi connectivity index (χ3n) is 4.93. The Hall–Kier alpha value is -2.39. The van der Waals surface area contributed by atoms with E-state index >= 15 is 0 Å². The van der Waals surface area contributed by atoms with Crippen molar-refractivity contribution >= 4 is 43.5 Å². The summed E-state index contributed by atoms with van der Waals surface area (Å²) in [5, 5.41) is 2.73. The van der Waals surface area contributed by atoms with Gasteiger partial charge in [0, 0.05) is 17.6 Å². The van der Waals surface area contributed by atoms with Crippen LogP contribution in [0, 0.1) is 13.8 Å². The average molecular weight is 524 g/mol. The smallest absolute Gasteiger partial charge is 0.244 e. The molecule has 174 valence electrons. The van der Waals surface area contributed by atoms with E-state index in [1.165, 1.54) is 4.90 Å². The van der Waals surface area contributed by atoms with Crippen LogP contribution in [0.3, 0.4) is 0 Å². The Bertz CT molecular complexity index is 1070. The summed E-state index contributed by atoms with van der Waals surface area (Å²) in [6.45, 7) is 7.38. The number of anilines is 1. The number of carbonyl (C=O) groups is 2. The number of likely N-dealkylation sites (N-methyl/N-ethyl adjacent to an activating group) is 1. The van der Waals surface area contributed by atoms with Crippen LogP contribution in [0.5, 0.6) is 0 Å². The summed E-state index contributed by atoms with van der Waals surface area (Å²) in [5.41, 5.74) is 3.03. The van der Waals surface area contributed by atoms with Crippen LogP contribution in [-0.2, 0) is 26.2 Å². The number of halogens is 1. The Kier molecular flexibility index (Phi) is 8.86. The third-order valence-corrected chi connectivity index (χ3v) is 6.57. The van der Waals surface area contributed by atoms with Crippen LogP contribution in [0.25, 0.3) is 0 Å². The van der Waals surface area contributed by atoms with Crippen LogP contribution in [0.15, 0.2) is 46.9 Å². The highest BCUT2D eigenvalue weighted by molar-refractivity contribution is 9.10. The Labute approximate surface area is 199 Å². The Morgan fingerprint density at radius 1 is 1.09 bits per heavy atom. The second-order valence-corrected chi connectivity index (χ2v) is 10.7. The predicted octanol–water partition coefficient (Wildman–Crippen LogP) is 3.39. The summed E-state index contributed by atoms with van der Waals surface area (Å²) in [4.78, 5) is 27.4. The molecule has 0 saturated heterocycles. The summed E-state index contributed by atoms with van der Waals surface area (Å²) < 4.78 is 27.1. The lowest BCUT2D eigenvalue weighted by Crippen LogP contribution is -2.51. The molecule has 1 unspecified atom stereocenters. The molecule has 2 aromatic carbocycles. The highest BCUT2D eigenvalue weighted by atomic mass is 79.9. The van der Waals surface area contributed by atoms with Crippen molar-refractivity contribution < 1.29 is 18.0 Å². The number of nitrogens with zero attached hydrogens (tertiary/aromatic N) is 2. The fourth-order valence-corrected chi connectivity index (χ4v) is 4.72. The van der Waals surface area contributed by atoms with Gasteiger partial charge in [-0.2, -0.15) is 0 Å².